The molecule has 1 fully saturated rings. The standard InChI is InChI=1S/C16H20BrNO3/c1-3-16(15(20)21)6-8-18(9-7-16)14(19)12-5-4-11(2)10-13(12)17/h4-5,10H,3,6-9H2,1-2H3,(H,20,21). The minimum atomic E-state index is -0.742. The van der Waals surface area contributed by atoms with Crippen molar-refractivity contribution in [1.82, 2.24) is 4.90 Å². The Kier molecular flexibility index (Phi) is 4.71. The monoisotopic (exact) mass is 353 g/mol. The van der Waals surface area contributed by atoms with E-state index in [4.69, 9.17) is 0 Å². The number of rotatable bonds is 3. The third-order valence-electron chi connectivity index (χ3n) is 4.49. The van der Waals surface area contributed by atoms with E-state index in [1.807, 2.05) is 32.0 Å². The summed E-state index contributed by atoms with van der Waals surface area (Å²) in [6.45, 7) is 4.88. The molecule has 0 saturated carbocycles. The van der Waals surface area contributed by atoms with Crippen molar-refractivity contribution in [2.45, 2.75) is 33.1 Å². The second-order valence-corrected chi connectivity index (χ2v) is 6.57. The van der Waals surface area contributed by atoms with Crippen molar-refractivity contribution in [3.63, 3.8) is 0 Å². The normalized spacial score (nSPS) is 17.6. The van der Waals surface area contributed by atoms with Crippen LogP contribution in [0.2, 0.25) is 0 Å². The smallest absolute Gasteiger partial charge is 0.309 e. The molecule has 4 nitrogen and oxygen atoms in total. The molecule has 1 saturated heterocycles. The molecule has 0 unspecified atom stereocenters. The van der Waals surface area contributed by atoms with Crippen molar-refractivity contribution in [1.29, 1.82) is 0 Å². The Morgan fingerprint density at radius 3 is 2.43 bits per heavy atom. The summed E-state index contributed by atoms with van der Waals surface area (Å²) in [6, 6.07) is 5.65. The largest absolute Gasteiger partial charge is 0.481 e. The molecule has 1 aliphatic rings. The van der Waals surface area contributed by atoms with Crippen molar-refractivity contribution < 1.29 is 14.7 Å². The second kappa shape index (κ2) is 6.18. The number of nitrogens with zero attached hydrogens (tertiary/aromatic N) is 1. The zero-order chi connectivity index (χ0) is 15.6. The van der Waals surface area contributed by atoms with Crippen LogP contribution in [0.5, 0.6) is 0 Å². The fraction of sp³-hybridized carbons (Fsp3) is 0.500. The Balaban J connectivity index is 2.12. The van der Waals surface area contributed by atoms with Crippen molar-refractivity contribution in [2.24, 2.45) is 5.41 Å². The number of aryl methyl sites for hydroxylation is 1. The third kappa shape index (κ3) is 3.12. The summed E-state index contributed by atoms with van der Waals surface area (Å²) < 4.78 is 0.790. The molecule has 0 aliphatic carbocycles. The van der Waals surface area contributed by atoms with Crippen LogP contribution >= 0.6 is 15.9 Å². The molecule has 0 spiro atoms. The van der Waals surface area contributed by atoms with E-state index < -0.39 is 11.4 Å². The number of halogens is 1. The highest BCUT2D eigenvalue weighted by Gasteiger charge is 2.41. The van der Waals surface area contributed by atoms with Crippen molar-refractivity contribution in [3.05, 3.63) is 33.8 Å². The zero-order valence-corrected chi connectivity index (χ0v) is 13.9. The van der Waals surface area contributed by atoms with Crippen molar-refractivity contribution >= 4 is 27.8 Å². The Bertz CT molecular complexity index is 563. The van der Waals surface area contributed by atoms with Gasteiger partial charge in [0, 0.05) is 17.6 Å². The van der Waals surface area contributed by atoms with E-state index in [2.05, 4.69) is 15.9 Å². The van der Waals surface area contributed by atoms with Gasteiger partial charge in [-0.3, -0.25) is 9.59 Å². The molecule has 1 aromatic carbocycles. The van der Waals surface area contributed by atoms with Crippen LogP contribution in [0, 0.1) is 12.3 Å². The summed E-state index contributed by atoms with van der Waals surface area (Å²) in [7, 11) is 0. The van der Waals surface area contributed by atoms with Crippen LogP contribution in [0.3, 0.4) is 0 Å². The number of carboxylic acids is 1. The number of piperidine rings is 1. The minimum absolute atomic E-state index is 0.0306. The molecule has 1 aromatic rings. The summed E-state index contributed by atoms with van der Waals surface area (Å²) in [6.07, 6.45) is 1.65. The van der Waals surface area contributed by atoms with Gasteiger partial charge < -0.3 is 10.0 Å². The van der Waals surface area contributed by atoms with Gasteiger partial charge in [0.1, 0.15) is 0 Å². The maximum atomic E-state index is 12.5. The zero-order valence-electron chi connectivity index (χ0n) is 12.4. The lowest BCUT2D eigenvalue weighted by atomic mass is 9.76. The summed E-state index contributed by atoms with van der Waals surface area (Å²) >= 11 is 3.43. The lowest BCUT2D eigenvalue weighted by Gasteiger charge is -2.38. The van der Waals surface area contributed by atoms with Crippen LogP contribution in [-0.4, -0.2) is 35.0 Å². The Labute approximate surface area is 133 Å². The SMILES string of the molecule is CCC1(C(=O)O)CCN(C(=O)c2ccc(C)cc2Br)CC1. The summed E-state index contributed by atoms with van der Waals surface area (Å²) in [4.78, 5) is 25.7. The summed E-state index contributed by atoms with van der Waals surface area (Å²) in [5.41, 5.74) is 1.06. The second-order valence-electron chi connectivity index (χ2n) is 5.71. The molecule has 5 heteroatoms. The maximum Gasteiger partial charge on any atom is 0.309 e. The molecular formula is C16H20BrNO3. The molecule has 1 heterocycles. The van der Waals surface area contributed by atoms with E-state index in [-0.39, 0.29) is 5.91 Å². The molecule has 114 valence electrons. The Hall–Kier alpha value is -1.36. The summed E-state index contributed by atoms with van der Waals surface area (Å²) in [5, 5.41) is 9.39. The van der Waals surface area contributed by atoms with Gasteiger partial charge in [-0.25, -0.2) is 0 Å². The minimum Gasteiger partial charge on any atom is -0.481 e. The molecule has 0 bridgehead atoms. The quantitative estimate of drug-likeness (QED) is 0.904. The molecule has 1 N–H and O–H groups in total. The molecule has 0 radical (unpaired) electrons. The molecule has 1 amide bonds. The molecule has 2 rings (SSSR count). The van der Waals surface area contributed by atoms with Gasteiger partial charge in [-0.2, -0.15) is 0 Å². The summed E-state index contributed by atoms with van der Waals surface area (Å²) in [5.74, 6) is -0.773. The number of amides is 1. The Morgan fingerprint density at radius 2 is 1.95 bits per heavy atom. The predicted octanol–water partition coefficient (Wildman–Crippen LogP) is 3.47. The number of benzene rings is 1. The fourth-order valence-corrected chi connectivity index (χ4v) is 3.48. The number of carbonyl (C=O) groups excluding carboxylic acids is 1. The average Bonchev–Trinajstić information content (AvgIpc) is 2.46. The van der Waals surface area contributed by atoms with Crippen LogP contribution in [0.4, 0.5) is 0 Å². The van der Waals surface area contributed by atoms with Crippen molar-refractivity contribution in [2.75, 3.05) is 13.1 Å². The van der Waals surface area contributed by atoms with Gasteiger partial charge in [0.05, 0.1) is 11.0 Å². The number of hydrogen-bond acceptors (Lipinski definition) is 2. The van der Waals surface area contributed by atoms with Gasteiger partial charge in [0.15, 0.2) is 0 Å². The van der Waals surface area contributed by atoms with Gasteiger partial charge in [0.2, 0.25) is 0 Å². The van der Waals surface area contributed by atoms with E-state index in [9.17, 15) is 14.7 Å². The number of hydrogen-bond donors (Lipinski definition) is 1. The van der Waals surface area contributed by atoms with E-state index in [1.54, 1.807) is 4.90 Å². The first-order valence-electron chi connectivity index (χ1n) is 7.18. The number of aliphatic carboxylic acids is 1. The average molecular weight is 354 g/mol. The topological polar surface area (TPSA) is 57.6 Å². The van der Waals surface area contributed by atoms with Crippen molar-refractivity contribution in [3.8, 4) is 0 Å². The highest BCUT2D eigenvalue weighted by molar-refractivity contribution is 9.10. The first kappa shape index (κ1) is 16.0. The van der Waals surface area contributed by atoms with E-state index in [1.165, 1.54) is 0 Å². The maximum absolute atomic E-state index is 12.5. The van der Waals surface area contributed by atoms with E-state index in [0.29, 0.717) is 37.9 Å². The first-order valence-corrected chi connectivity index (χ1v) is 7.98. The van der Waals surface area contributed by atoms with E-state index in [0.717, 1.165) is 10.0 Å². The fourth-order valence-electron chi connectivity index (χ4n) is 2.82. The lowest BCUT2D eigenvalue weighted by Crippen LogP contribution is -2.46. The van der Waals surface area contributed by atoms with Gasteiger partial charge in [-0.1, -0.05) is 13.0 Å². The van der Waals surface area contributed by atoms with E-state index >= 15 is 0 Å². The van der Waals surface area contributed by atoms with Crippen LogP contribution in [0.25, 0.3) is 0 Å². The highest BCUT2D eigenvalue weighted by Crippen LogP contribution is 2.35. The third-order valence-corrected chi connectivity index (χ3v) is 5.15. The van der Waals surface area contributed by atoms with Gasteiger partial charge in [-0.15, -0.1) is 0 Å². The molecule has 0 atom stereocenters. The van der Waals surface area contributed by atoms with Gasteiger partial charge in [-0.05, 0) is 59.8 Å². The highest BCUT2D eigenvalue weighted by atomic mass is 79.9. The molecule has 1 aliphatic heterocycles. The van der Waals surface area contributed by atoms with Gasteiger partial charge in [0.25, 0.3) is 5.91 Å². The lowest BCUT2D eigenvalue weighted by molar-refractivity contribution is -0.152. The van der Waals surface area contributed by atoms with Crippen LogP contribution in [0.15, 0.2) is 22.7 Å². The van der Waals surface area contributed by atoms with Crippen LogP contribution < -0.4 is 0 Å². The van der Waals surface area contributed by atoms with Crippen LogP contribution in [-0.2, 0) is 4.79 Å². The van der Waals surface area contributed by atoms with Crippen LogP contribution in [0.1, 0.15) is 42.1 Å². The molecular weight excluding hydrogens is 334 g/mol. The Morgan fingerprint density at radius 1 is 1.33 bits per heavy atom. The number of carbonyl (C=O) groups is 2. The predicted molar refractivity (Wildman–Crippen MR) is 84.4 cm³/mol. The van der Waals surface area contributed by atoms with Gasteiger partial charge >= 0.3 is 5.97 Å². The number of carboxylic acid groups (broad SMARTS) is 1. The first-order chi connectivity index (χ1) is 9.89. The molecule has 0 aromatic heterocycles. The molecule has 21 heavy (non-hydrogen) atoms. The number of likely N-dealkylation sites (tertiary alicyclic amines) is 1.